The van der Waals surface area contributed by atoms with E-state index in [0.29, 0.717) is 5.92 Å². The minimum Gasteiger partial charge on any atom is -0.261 e. The number of hydrogen-bond acceptors (Lipinski definition) is 1. The van der Waals surface area contributed by atoms with Crippen LogP contribution in [0.5, 0.6) is 0 Å². The standard InChI is InChI=1S/C13H20FN/c1-3-4-5-6-7-11(2)12-8-13(14)10-15-9-12/h8-11H,3-7H2,1-2H3. The summed E-state index contributed by atoms with van der Waals surface area (Å²) in [7, 11) is 0. The van der Waals surface area contributed by atoms with Crippen molar-refractivity contribution in [2.75, 3.05) is 0 Å². The Labute approximate surface area is 91.7 Å². The maximum Gasteiger partial charge on any atom is 0.141 e. The summed E-state index contributed by atoms with van der Waals surface area (Å²) in [5.41, 5.74) is 1.02. The van der Waals surface area contributed by atoms with Gasteiger partial charge >= 0.3 is 0 Å². The van der Waals surface area contributed by atoms with Gasteiger partial charge in [-0.25, -0.2) is 4.39 Å². The number of halogens is 1. The van der Waals surface area contributed by atoms with Crippen LogP contribution < -0.4 is 0 Å². The van der Waals surface area contributed by atoms with E-state index in [1.54, 1.807) is 12.3 Å². The highest BCUT2D eigenvalue weighted by atomic mass is 19.1. The molecule has 0 N–H and O–H groups in total. The van der Waals surface area contributed by atoms with Crippen molar-refractivity contribution < 1.29 is 4.39 Å². The molecule has 0 radical (unpaired) electrons. The van der Waals surface area contributed by atoms with E-state index in [1.165, 1.54) is 31.9 Å². The van der Waals surface area contributed by atoms with Crippen LogP contribution in [0.1, 0.15) is 57.4 Å². The second-order valence-electron chi connectivity index (χ2n) is 4.19. The molecule has 1 unspecified atom stereocenters. The van der Waals surface area contributed by atoms with Gasteiger partial charge in [0.25, 0.3) is 0 Å². The SMILES string of the molecule is CCCCCCC(C)c1cncc(F)c1. The van der Waals surface area contributed by atoms with Crippen LogP contribution in [-0.4, -0.2) is 4.98 Å². The second-order valence-corrected chi connectivity index (χ2v) is 4.19. The average Bonchev–Trinajstić information content (AvgIpc) is 2.24. The third-order valence-corrected chi connectivity index (χ3v) is 2.79. The van der Waals surface area contributed by atoms with Crippen LogP contribution in [0.4, 0.5) is 4.39 Å². The number of hydrogen-bond donors (Lipinski definition) is 0. The summed E-state index contributed by atoms with van der Waals surface area (Å²) in [4.78, 5) is 3.87. The molecule has 84 valence electrons. The summed E-state index contributed by atoms with van der Waals surface area (Å²) in [5.74, 6) is 0.193. The third-order valence-electron chi connectivity index (χ3n) is 2.79. The van der Waals surface area contributed by atoms with E-state index >= 15 is 0 Å². The Bertz CT molecular complexity index is 286. The Balaban J connectivity index is 2.36. The zero-order valence-electron chi connectivity index (χ0n) is 9.67. The number of unbranched alkanes of at least 4 members (excludes halogenated alkanes) is 3. The fourth-order valence-electron chi connectivity index (χ4n) is 1.74. The van der Waals surface area contributed by atoms with Gasteiger partial charge in [-0.1, -0.05) is 39.5 Å². The van der Waals surface area contributed by atoms with E-state index in [4.69, 9.17) is 0 Å². The van der Waals surface area contributed by atoms with Crippen molar-refractivity contribution in [3.05, 3.63) is 29.8 Å². The molecule has 0 saturated carbocycles. The Kier molecular flexibility index (Phi) is 5.30. The molecule has 15 heavy (non-hydrogen) atoms. The molecule has 0 amide bonds. The molecule has 0 saturated heterocycles. The van der Waals surface area contributed by atoms with E-state index in [2.05, 4.69) is 18.8 Å². The van der Waals surface area contributed by atoms with Gasteiger partial charge in [-0.15, -0.1) is 0 Å². The molecule has 0 aliphatic heterocycles. The number of rotatable bonds is 6. The van der Waals surface area contributed by atoms with Crippen molar-refractivity contribution >= 4 is 0 Å². The van der Waals surface area contributed by atoms with E-state index < -0.39 is 0 Å². The Morgan fingerprint density at radius 3 is 2.73 bits per heavy atom. The van der Waals surface area contributed by atoms with Gasteiger partial charge in [0.2, 0.25) is 0 Å². The first kappa shape index (κ1) is 12.2. The summed E-state index contributed by atoms with van der Waals surface area (Å²) < 4.78 is 12.9. The fraction of sp³-hybridized carbons (Fsp3) is 0.615. The van der Waals surface area contributed by atoms with Gasteiger partial charge in [0.05, 0.1) is 6.20 Å². The van der Waals surface area contributed by atoms with Crippen molar-refractivity contribution in [1.29, 1.82) is 0 Å². The van der Waals surface area contributed by atoms with Gasteiger partial charge in [-0.05, 0) is 24.0 Å². The van der Waals surface area contributed by atoms with Crippen molar-refractivity contribution in [3.8, 4) is 0 Å². The van der Waals surface area contributed by atoms with Crippen LogP contribution in [0, 0.1) is 5.82 Å². The van der Waals surface area contributed by atoms with Crippen molar-refractivity contribution in [2.24, 2.45) is 0 Å². The summed E-state index contributed by atoms with van der Waals surface area (Å²) in [5, 5.41) is 0. The highest BCUT2D eigenvalue weighted by molar-refractivity contribution is 5.14. The monoisotopic (exact) mass is 209 g/mol. The van der Waals surface area contributed by atoms with Crippen LogP contribution in [0.2, 0.25) is 0 Å². The predicted molar refractivity (Wildman–Crippen MR) is 61.4 cm³/mol. The highest BCUT2D eigenvalue weighted by Crippen LogP contribution is 2.21. The first-order valence-electron chi connectivity index (χ1n) is 5.84. The lowest BCUT2D eigenvalue weighted by atomic mass is 9.96. The van der Waals surface area contributed by atoms with Crippen LogP contribution in [-0.2, 0) is 0 Å². The molecule has 1 atom stereocenters. The lowest BCUT2D eigenvalue weighted by Crippen LogP contribution is -1.95. The van der Waals surface area contributed by atoms with Crippen LogP contribution in [0.3, 0.4) is 0 Å². The van der Waals surface area contributed by atoms with Crippen molar-refractivity contribution in [2.45, 2.75) is 51.9 Å². The molecule has 0 spiro atoms. The fourth-order valence-corrected chi connectivity index (χ4v) is 1.74. The van der Waals surface area contributed by atoms with Gasteiger partial charge in [0.15, 0.2) is 0 Å². The molecule has 0 bridgehead atoms. The van der Waals surface area contributed by atoms with Crippen LogP contribution in [0.25, 0.3) is 0 Å². The molecule has 0 aliphatic carbocycles. The molecule has 1 aromatic rings. The molecule has 1 aromatic heterocycles. The minimum absolute atomic E-state index is 0.229. The molecule has 0 aromatic carbocycles. The highest BCUT2D eigenvalue weighted by Gasteiger charge is 2.06. The smallest absolute Gasteiger partial charge is 0.141 e. The lowest BCUT2D eigenvalue weighted by molar-refractivity contribution is 0.570. The first-order valence-corrected chi connectivity index (χ1v) is 5.84. The zero-order valence-corrected chi connectivity index (χ0v) is 9.67. The van der Waals surface area contributed by atoms with E-state index in [9.17, 15) is 4.39 Å². The number of nitrogens with zero attached hydrogens (tertiary/aromatic N) is 1. The Morgan fingerprint density at radius 1 is 1.27 bits per heavy atom. The lowest BCUT2D eigenvalue weighted by Gasteiger charge is -2.10. The van der Waals surface area contributed by atoms with Gasteiger partial charge in [0.1, 0.15) is 5.82 Å². The summed E-state index contributed by atoms with van der Waals surface area (Å²) in [6.07, 6.45) is 9.23. The summed E-state index contributed by atoms with van der Waals surface area (Å²) >= 11 is 0. The maximum absolute atomic E-state index is 12.9. The third kappa shape index (κ3) is 4.41. The van der Waals surface area contributed by atoms with Crippen LogP contribution in [0.15, 0.2) is 18.5 Å². The van der Waals surface area contributed by atoms with Gasteiger partial charge in [-0.2, -0.15) is 0 Å². The van der Waals surface area contributed by atoms with Gasteiger partial charge in [0, 0.05) is 6.20 Å². The van der Waals surface area contributed by atoms with E-state index in [1.807, 2.05) is 0 Å². The minimum atomic E-state index is -0.229. The first-order chi connectivity index (χ1) is 7.24. The molecule has 1 nitrogen and oxygen atoms in total. The quantitative estimate of drug-likeness (QED) is 0.637. The molecular weight excluding hydrogens is 189 g/mol. The normalized spacial score (nSPS) is 12.7. The topological polar surface area (TPSA) is 12.9 Å². The average molecular weight is 209 g/mol. The summed E-state index contributed by atoms with van der Waals surface area (Å²) in [6, 6.07) is 1.59. The number of aromatic nitrogens is 1. The van der Waals surface area contributed by atoms with Gasteiger partial charge in [-0.3, -0.25) is 4.98 Å². The molecule has 1 heterocycles. The molecule has 1 rings (SSSR count). The Morgan fingerprint density at radius 2 is 2.07 bits per heavy atom. The molecular formula is C13H20FN. The second kappa shape index (κ2) is 6.54. The largest absolute Gasteiger partial charge is 0.261 e. The maximum atomic E-state index is 12.9. The molecule has 0 fully saturated rings. The van der Waals surface area contributed by atoms with Crippen molar-refractivity contribution in [1.82, 2.24) is 4.98 Å². The van der Waals surface area contributed by atoms with E-state index in [-0.39, 0.29) is 5.82 Å². The van der Waals surface area contributed by atoms with E-state index in [0.717, 1.165) is 12.0 Å². The molecule has 0 aliphatic rings. The molecule has 2 heteroatoms. The van der Waals surface area contributed by atoms with Crippen LogP contribution >= 0.6 is 0 Å². The number of pyridine rings is 1. The Hall–Kier alpha value is -0.920. The van der Waals surface area contributed by atoms with Gasteiger partial charge < -0.3 is 0 Å². The van der Waals surface area contributed by atoms with Crippen molar-refractivity contribution in [3.63, 3.8) is 0 Å². The predicted octanol–water partition coefficient (Wildman–Crippen LogP) is 4.29. The summed E-state index contributed by atoms with van der Waals surface area (Å²) in [6.45, 7) is 4.35. The zero-order chi connectivity index (χ0) is 11.1.